The molecule has 3 heterocycles. The Morgan fingerprint density at radius 1 is 1.17 bits per heavy atom. The van der Waals surface area contributed by atoms with Crippen LogP contribution in [0.15, 0.2) is 28.6 Å². The standard InChI is InChI=1S/C22H31N5O2S/c1-3-21-25-18(15-30-21)7-8-24-22(23-4-2)27-11-9-26(10-12-27)14-17-5-6-19-20(13-17)29-16-28-19/h5-6,13,15H,3-4,7-12,14,16H2,1-2H3,(H,23,24). The molecule has 2 aliphatic rings. The molecule has 1 N–H and O–H groups in total. The first kappa shape index (κ1) is 20.9. The third kappa shape index (κ3) is 5.23. The Morgan fingerprint density at radius 2 is 2.00 bits per heavy atom. The lowest BCUT2D eigenvalue weighted by Crippen LogP contribution is -2.52. The van der Waals surface area contributed by atoms with Crippen molar-refractivity contribution in [3.8, 4) is 11.5 Å². The molecule has 0 radical (unpaired) electrons. The van der Waals surface area contributed by atoms with Gasteiger partial charge in [0.2, 0.25) is 6.79 Å². The number of guanidine groups is 1. The topological polar surface area (TPSA) is 62.2 Å². The van der Waals surface area contributed by atoms with Crippen molar-refractivity contribution >= 4 is 17.3 Å². The third-order valence-corrected chi connectivity index (χ3v) is 6.42. The number of aromatic nitrogens is 1. The van der Waals surface area contributed by atoms with Gasteiger partial charge in [0.05, 0.1) is 10.7 Å². The summed E-state index contributed by atoms with van der Waals surface area (Å²) in [5.41, 5.74) is 2.42. The lowest BCUT2D eigenvalue weighted by Gasteiger charge is -2.36. The van der Waals surface area contributed by atoms with Gasteiger partial charge in [-0.05, 0) is 31.0 Å². The van der Waals surface area contributed by atoms with Crippen molar-refractivity contribution in [2.45, 2.75) is 33.2 Å². The summed E-state index contributed by atoms with van der Waals surface area (Å²) >= 11 is 1.75. The number of aliphatic imine (C=N–C) groups is 1. The minimum absolute atomic E-state index is 0.326. The first-order valence-electron chi connectivity index (χ1n) is 10.8. The molecule has 1 fully saturated rings. The molecule has 0 aliphatic carbocycles. The van der Waals surface area contributed by atoms with E-state index in [1.807, 2.05) is 6.07 Å². The number of aryl methyl sites for hydroxylation is 1. The Hall–Kier alpha value is -2.32. The number of benzene rings is 1. The smallest absolute Gasteiger partial charge is 0.231 e. The molecule has 30 heavy (non-hydrogen) atoms. The van der Waals surface area contributed by atoms with Gasteiger partial charge in [-0.15, -0.1) is 11.3 Å². The van der Waals surface area contributed by atoms with E-state index >= 15 is 0 Å². The van der Waals surface area contributed by atoms with Crippen molar-refractivity contribution in [3.05, 3.63) is 39.8 Å². The van der Waals surface area contributed by atoms with Crippen LogP contribution in [0.1, 0.15) is 30.1 Å². The van der Waals surface area contributed by atoms with Gasteiger partial charge in [0.15, 0.2) is 17.5 Å². The fraction of sp³-hybridized carbons (Fsp3) is 0.545. The van der Waals surface area contributed by atoms with E-state index in [1.54, 1.807) is 11.3 Å². The van der Waals surface area contributed by atoms with Crippen LogP contribution in [0.3, 0.4) is 0 Å². The summed E-state index contributed by atoms with van der Waals surface area (Å²) in [6, 6.07) is 6.24. The number of rotatable bonds is 7. The fourth-order valence-electron chi connectivity index (χ4n) is 3.74. The maximum absolute atomic E-state index is 5.50. The molecule has 8 heteroatoms. The molecule has 0 amide bonds. The van der Waals surface area contributed by atoms with Crippen LogP contribution in [0.5, 0.6) is 11.5 Å². The van der Waals surface area contributed by atoms with Crippen molar-refractivity contribution in [1.29, 1.82) is 0 Å². The number of nitrogens with one attached hydrogen (secondary N) is 1. The molecule has 1 aromatic carbocycles. The second-order valence-corrected chi connectivity index (χ2v) is 8.47. The van der Waals surface area contributed by atoms with Crippen LogP contribution in [0.4, 0.5) is 0 Å². The number of hydrogen-bond donors (Lipinski definition) is 1. The minimum Gasteiger partial charge on any atom is -0.454 e. The Kier molecular flexibility index (Phi) is 7.07. The molecular weight excluding hydrogens is 398 g/mol. The SMILES string of the molecule is CCNC(=NCCc1csc(CC)n1)N1CCN(Cc2ccc3c(c2)OCO3)CC1. The highest BCUT2D eigenvalue weighted by Crippen LogP contribution is 2.32. The quantitative estimate of drug-likeness (QED) is 0.539. The largest absolute Gasteiger partial charge is 0.454 e. The Morgan fingerprint density at radius 3 is 2.77 bits per heavy atom. The van der Waals surface area contributed by atoms with Crippen molar-refractivity contribution < 1.29 is 9.47 Å². The molecule has 0 saturated carbocycles. The highest BCUT2D eigenvalue weighted by molar-refractivity contribution is 7.09. The number of nitrogens with zero attached hydrogens (tertiary/aromatic N) is 4. The van der Waals surface area contributed by atoms with Gasteiger partial charge in [-0.1, -0.05) is 13.0 Å². The van der Waals surface area contributed by atoms with Crippen molar-refractivity contribution in [3.63, 3.8) is 0 Å². The minimum atomic E-state index is 0.326. The van der Waals surface area contributed by atoms with E-state index in [0.717, 1.165) is 81.8 Å². The predicted molar refractivity (Wildman–Crippen MR) is 121 cm³/mol. The molecule has 0 bridgehead atoms. The van der Waals surface area contributed by atoms with E-state index < -0.39 is 0 Å². The van der Waals surface area contributed by atoms with Crippen LogP contribution in [0, 0.1) is 0 Å². The first-order chi connectivity index (χ1) is 14.7. The molecule has 2 aromatic rings. The van der Waals surface area contributed by atoms with Crippen molar-refractivity contribution in [2.24, 2.45) is 4.99 Å². The normalized spacial score (nSPS) is 16.9. The van der Waals surface area contributed by atoms with E-state index in [9.17, 15) is 0 Å². The molecule has 1 saturated heterocycles. The van der Waals surface area contributed by atoms with E-state index in [4.69, 9.17) is 14.5 Å². The van der Waals surface area contributed by atoms with Crippen LogP contribution >= 0.6 is 11.3 Å². The Bertz CT molecular complexity index is 861. The molecule has 0 spiro atoms. The maximum atomic E-state index is 5.50. The molecule has 0 atom stereocenters. The van der Waals surface area contributed by atoms with Crippen molar-refractivity contribution in [2.75, 3.05) is 46.1 Å². The molecule has 7 nitrogen and oxygen atoms in total. The number of fused-ring (bicyclic) bond motifs is 1. The van der Waals surface area contributed by atoms with Crippen LogP contribution in [-0.4, -0.2) is 66.8 Å². The van der Waals surface area contributed by atoms with Crippen LogP contribution in [-0.2, 0) is 19.4 Å². The van der Waals surface area contributed by atoms with Crippen LogP contribution < -0.4 is 14.8 Å². The van der Waals surface area contributed by atoms with Crippen molar-refractivity contribution in [1.82, 2.24) is 20.1 Å². The first-order valence-corrected chi connectivity index (χ1v) is 11.7. The van der Waals surface area contributed by atoms with Gasteiger partial charge in [-0.25, -0.2) is 4.98 Å². The van der Waals surface area contributed by atoms with Gasteiger partial charge in [0, 0.05) is 57.6 Å². The predicted octanol–water partition coefficient (Wildman–Crippen LogP) is 2.76. The fourth-order valence-corrected chi connectivity index (χ4v) is 4.52. The monoisotopic (exact) mass is 429 g/mol. The molecule has 1 aromatic heterocycles. The summed E-state index contributed by atoms with van der Waals surface area (Å²) in [6.45, 7) is 11.2. The zero-order chi connectivity index (χ0) is 20.8. The third-order valence-electron chi connectivity index (χ3n) is 5.38. The van der Waals surface area contributed by atoms with Crippen LogP contribution in [0.2, 0.25) is 0 Å². The number of piperazine rings is 1. The zero-order valence-electron chi connectivity index (χ0n) is 17.9. The summed E-state index contributed by atoms with van der Waals surface area (Å²) in [4.78, 5) is 14.4. The highest BCUT2D eigenvalue weighted by Gasteiger charge is 2.21. The lowest BCUT2D eigenvalue weighted by atomic mass is 10.1. The van der Waals surface area contributed by atoms with Gasteiger partial charge in [0.1, 0.15) is 0 Å². The Balaban J connectivity index is 1.28. The average Bonchev–Trinajstić information content (AvgIpc) is 3.42. The summed E-state index contributed by atoms with van der Waals surface area (Å²) in [6.07, 6.45) is 1.91. The van der Waals surface area contributed by atoms with Crippen LogP contribution in [0.25, 0.3) is 0 Å². The lowest BCUT2D eigenvalue weighted by molar-refractivity contribution is 0.171. The van der Waals surface area contributed by atoms with E-state index in [-0.39, 0.29) is 0 Å². The second kappa shape index (κ2) is 10.1. The molecule has 4 rings (SSSR count). The van der Waals surface area contributed by atoms with E-state index in [0.29, 0.717) is 6.79 Å². The Labute approximate surface area is 182 Å². The number of ether oxygens (including phenoxy) is 2. The molecule has 0 unspecified atom stereocenters. The molecular formula is C22H31N5O2S. The highest BCUT2D eigenvalue weighted by atomic mass is 32.1. The van der Waals surface area contributed by atoms with Gasteiger partial charge in [-0.2, -0.15) is 0 Å². The molecule has 2 aliphatic heterocycles. The average molecular weight is 430 g/mol. The maximum Gasteiger partial charge on any atom is 0.231 e. The molecule has 162 valence electrons. The number of thiazole rings is 1. The van der Waals surface area contributed by atoms with Gasteiger partial charge >= 0.3 is 0 Å². The van der Waals surface area contributed by atoms with Gasteiger partial charge in [0.25, 0.3) is 0 Å². The van der Waals surface area contributed by atoms with E-state index in [1.165, 1.54) is 10.6 Å². The summed E-state index contributed by atoms with van der Waals surface area (Å²) in [7, 11) is 0. The van der Waals surface area contributed by atoms with Gasteiger partial charge < -0.3 is 19.7 Å². The van der Waals surface area contributed by atoms with Gasteiger partial charge in [-0.3, -0.25) is 9.89 Å². The number of hydrogen-bond acceptors (Lipinski definition) is 6. The summed E-state index contributed by atoms with van der Waals surface area (Å²) in [5, 5.41) is 6.83. The summed E-state index contributed by atoms with van der Waals surface area (Å²) in [5.74, 6) is 2.73. The summed E-state index contributed by atoms with van der Waals surface area (Å²) < 4.78 is 10.9. The second-order valence-electron chi connectivity index (χ2n) is 7.52. The zero-order valence-corrected chi connectivity index (χ0v) is 18.7. The van der Waals surface area contributed by atoms with E-state index in [2.05, 4.69) is 51.5 Å².